The molecule has 0 fully saturated rings. The molecule has 0 aromatic heterocycles. The predicted molar refractivity (Wildman–Crippen MR) is 148 cm³/mol. The second kappa shape index (κ2) is 15.9. The molecule has 0 nitrogen and oxygen atoms in total. The summed E-state index contributed by atoms with van der Waals surface area (Å²) >= 11 is 0. The number of benzene rings is 2. The topological polar surface area (TPSA) is 0 Å². The van der Waals surface area contributed by atoms with E-state index in [0.29, 0.717) is 0 Å². The molecular formula is C30H38PtSi2. The third-order valence-electron chi connectivity index (χ3n) is 5.12. The van der Waals surface area contributed by atoms with Gasteiger partial charge in [-0.15, -0.1) is 35.4 Å². The minimum atomic E-state index is -1.16. The summed E-state index contributed by atoms with van der Waals surface area (Å²) in [6.07, 6.45) is 27.9. The molecule has 1 aliphatic carbocycles. The molecule has 2 aromatic carbocycles. The van der Waals surface area contributed by atoms with Crippen LogP contribution in [0.25, 0.3) is 0 Å². The normalized spacial score (nSPS) is 14.7. The molecule has 0 saturated carbocycles. The van der Waals surface area contributed by atoms with Gasteiger partial charge in [0.25, 0.3) is 0 Å². The molecule has 2 aromatic rings. The summed E-state index contributed by atoms with van der Waals surface area (Å²) in [5.41, 5.74) is 1.72. The van der Waals surface area contributed by atoms with Gasteiger partial charge in [-0.05, 0) is 25.7 Å². The van der Waals surface area contributed by atoms with Crippen LogP contribution >= 0.6 is 0 Å². The Hall–Kier alpha value is -1.84. The van der Waals surface area contributed by atoms with E-state index in [9.17, 15) is 0 Å². The molecule has 0 heterocycles. The van der Waals surface area contributed by atoms with Gasteiger partial charge in [0.2, 0.25) is 0 Å². The van der Waals surface area contributed by atoms with Crippen LogP contribution in [-0.4, -0.2) is 16.1 Å². The fourth-order valence-corrected chi connectivity index (χ4v) is 5.30. The van der Waals surface area contributed by atoms with Crippen molar-refractivity contribution in [3.63, 3.8) is 0 Å². The van der Waals surface area contributed by atoms with Gasteiger partial charge < -0.3 is 12.8 Å². The molecule has 0 aliphatic heterocycles. The molecule has 0 amide bonds. The van der Waals surface area contributed by atoms with Gasteiger partial charge >= 0.3 is 21.1 Å². The van der Waals surface area contributed by atoms with Crippen molar-refractivity contribution >= 4 is 26.5 Å². The van der Waals surface area contributed by atoms with Crippen LogP contribution in [0.1, 0.15) is 36.8 Å². The van der Waals surface area contributed by atoms with E-state index in [1.807, 2.05) is 24.3 Å². The fourth-order valence-electron chi connectivity index (χ4n) is 2.96. The Morgan fingerprint density at radius 1 is 0.515 bits per heavy atom. The van der Waals surface area contributed by atoms with Crippen molar-refractivity contribution in [3.8, 4) is 11.8 Å². The van der Waals surface area contributed by atoms with Crippen LogP contribution in [0.15, 0.2) is 72.8 Å². The molecular weight excluding hydrogens is 612 g/mol. The van der Waals surface area contributed by atoms with Crippen LogP contribution in [0, 0.1) is 24.7 Å². The Kier molecular flexibility index (Phi) is 15.0. The van der Waals surface area contributed by atoms with Crippen LogP contribution in [0.5, 0.6) is 0 Å². The molecule has 33 heavy (non-hydrogen) atoms. The first-order valence-corrected chi connectivity index (χ1v) is 18.4. The van der Waals surface area contributed by atoms with E-state index in [-0.39, 0.29) is 21.1 Å². The largest absolute Gasteiger partial charge is 2.00 e. The van der Waals surface area contributed by atoms with Crippen LogP contribution in [0.2, 0.25) is 39.3 Å². The van der Waals surface area contributed by atoms with Crippen molar-refractivity contribution < 1.29 is 21.1 Å². The zero-order chi connectivity index (χ0) is 24.0. The van der Waals surface area contributed by atoms with E-state index in [1.165, 1.54) is 36.1 Å². The van der Waals surface area contributed by atoms with E-state index >= 15 is 0 Å². The summed E-state index contributed by atoms with van der Waals surface area (Å²) in [5.74, 6) is 4.74. The van der Waals surface area contributed by atoms with Crippen LogP contribution in [0.4, 0.5) is 0 Å². The predicted octanol–water partition coefficient (Wildman–Crippen LogP) is 7.01. The average Bonchev–Trinajstić information content (AvgIpc) is 2.73. The van der Waals surface area contributed by atoms with Crippen molar-refractivity contribution in [2.24, 2.45) is 0 Å². The SMILES string of the molecule is C1=C\CC/C=C\CC/1.[C-]#Cc1ccc([Si](C)(C)C)cc1.[C-]#Cc1ccc([Si](C)(C)C)cc1.[Pt+2]. The van der Waals surface area contributed by atoms with E-state index in [1.54, 1.807) is 0 Å². The summed E-state index contributed by atoms with van der Waals surface area (Å²) in [7, 11) is -2.32. The summed E-state index contributed by atoms with van der Waals surface area (Å²) in [6, 6.07) is 16.3. The molecule has 3 heteroatoms. The smallest absolute Gasteiger partial charge is 0.366 e. The van der Waals surface area contributed by atoms with Crippen molar-refractivity contribution in [2.45, 2.75) is 65.0 Å². The Bertz CT molecular complexity index is 846. The Morgan fingerprint density at radius 3 is 0.939 bits per heavy atom. The van der Waals surface area contributed by atoms with E-state index < -0.39 is 16.1 Å². The Balaban J connectivity index is 0.000000468. The molecule has 1 aliphatic rings. The molecule has 3 rings (SSSR count). The summed E-state index contributed by atoms with van der Waals surface area (Å²) < 4.78 is 0. The standard InChI is InChI=1S/2C11H13Si.C8H12.Pt/c2*1-5-10-6-8-11(9-7-10)12(2,3)4;1-2-4-6-8-7-5-3-1;/h2*6-9H,2-4H3;1-2,7-8H,3-6H2;/q2*-1;;+2/b;;2-1-,8-7-;. The minimum absolute atomic E-state index is 0. The number of hydrogen-bond donors (Lipinski definition) is 0. The fraction of sp³-hybridized carbons (Fsp3) is 0.333. The summed E-state index contributed by atoms with van der Waals surface area (Å²) in [6.45, 7) is 13.9. The van der Waals surface area contributed by atoms with Gasteiger partial charge in [0, 0.05) is 0 Å². The first kappa shape index (κ1) is 31.2. The second-order valence-electron chi connectivity index (χ2n) is 10.0. The number of hydrogen-bond acceptors (Lipinski definition) is 0. The van der Waals surface area contributed by atoms with Gasteiger partial charge in [-0.1, -0.05) is 98.2 Å². The van der Waals surface area contributed by atoms with Crippen molar-refractivity contribution in [3.05, 3.63) is 96.8 Å². The van der Waals surface area contributed by atoms with Gasteiger partial charge in [0.15, 0.2) is 0 Å². The van der Waals surface area contributed by atoms with Gasteiger partial charge in [0.05, 0.1) is 16.1 Å². The monoisotopic (exact) mass is 649 g/mol. The Labute approximate surface area is 220 Å². The molecule has 0 bridgehead atoms. The molecule has 0 spiro atoms. The average molecular weight is 650 g/mol. The van der Waals surface area contributed by atoms with Gasteiger partial charge in [-0.25, -0.2) is 0 Å². The zero-order valence-electron chi connectivity index (χ0n) is 21.1. The molecule has 0 atom stereocenters. The van der Waals surface area contributed by atoms with Crippen LogP contribution in [0.3, 0.4) is 0 Å². The molecule has 0 N–H and O–H groups in total. The van der Waals surface area contributed by atoms with Gasteiger partial charge in [-0.3, -0.25) is 11.8 Å². The molecule has 0 radical (unpaired) electrons. The quantitative estimate of drug-likeness (QED) is 0.142. The third-order valence-corrected chi connectivity index (χ3v) is 9.25. The van der Waals surface area contributed by atoms with Crippen molar-refractivity contribution in [2.75, 3.05) is 0 Å². The van der Waals surface area contributed by atoms with E-state index in [2.05, 4.69) is 99.7 Å². The van der Waals surface area contributed by atoms with Crippen LogP contribution < -0.4 is 10.4 Å². The maximum atomic E-state index is 6.93. The minimum Gasteiger partial charge on any atom is -0.366 e. The molecule has 0 saturated heterocycles. The maximum absolute atomic E-state index is 6.93. The second-order valence-corrected chi connectivity index (χ2v) is 20.2. The summed E-state index contributed by atoms with van der Waals surface area (Å²) in [4.78, 5) is 0. The molecule has 176 valence electrons. The first-order valence-electron chi connectivity index (χ1n) is 11.4. The van der Waals surface area contributed by atoms with Crippen molar-refractivity contribution in [1.29, 1.82) is 0 Å². The number of allylic oxidation sites excluding steroid dienone is 4. The maximum Gasteiger partial charge on any atom is 2.00 e. The van der Waals surface area contributed by atoms with Gasteiger partial charge in [-0.2, -0.15) is 0 Å². The third kappa shape index (κ3) is 13.5. The van der Waals surface area contributed by atoms with Crippen molar-refractivity contribution in [1.82, 2.24) is 0 Å². The zero-order valence-corrected chi connectivity index (χ0v) is 25.3. The van der Waals surface area contributed by atoms with Gasteiger partial charge in [0.1, 0.15) is 0 Å². The Morgan fingerprint density at radius 2 is 0.758 bits per heavy atom. The first-order chi connectivity index (χ1) is 15.1. The molecule has 0 unspecified atom stereocenters. The van der Waals surface area contributed by atoms with Crippen LogP contribution in [-0.2, 0) is 21.1 Å². The van der Waals surface area contributed by atoms with E-state index in [0.717, 1.165) is 11.1 Å². The van der Waals surface area contributed by atoms with E-state index in [4.69, 9.17) is 12.8 Å². The number of rotatable bonds is 2. The summed E-state index contributed by atoms with van der Waals surface area (Å²) in [5, 5.41) is 2.86.